The number of fused-ring (bicyclic) bond motifs is 1. The average molecular weight is 343 g/mol. The molecule has 2 aromatic rings. The van der Waals surface area contributed by atoms with E-state index in [9.17, 15) is 4.79 Å². The lowest BCUT2D eigenvalue weighted by atomic mass is 10.0. The molecule has 8 heteroatoms. The van der Waals surface area contributed by atoms with E-state index >= 15 is 0 Å². The van der Waals surface area contributed by atoms with Crippen molar-refractivity contribution >= 4 is 6.03 Å². The number of amides is 2. The van der Waals surface area contributed by atoms with Crippen LogP contribution in [0.3, 0.4) is 0 Å². The van der Waals surface area contributed by atoms with Gasteiger partial charge in [0.25, 0.3) is 0 Å². The van der Waals surface area contributed by atoms with Crippen LogP contribution in [0.25, 0.3) is 0 Å². The molecule has 2 atom stereocenters. The van der Waals surface area contributed by atoms with Crippen molar-refractivity contribution in [1.82, 2.24) is 25.0 Å². The molecule has 1 aromatic heterocycles. The third-order valence-electron chi connectivity index (χ3n) is 4.77. The maximum atomic E-state index is 12.8. The summed E-state index contributed by atoms with van der Waals surface area (Å²) in [6.45, 7) is 2.90. The van der Waals surface area contributed by atoms with Crippen LogP contribution in [-0.4, -0.2) is 39.0 Å². The summed E-state index contributed by atoms with van der Waals surface area (Å²) in [4.78, 5) is 14.7. The first-order valence-corrected chi connectivity index (χ1v) is 8.44. The van der Waals surface area contributed by atoms with E-state index in [1.807, 2.05) is 41.6 Å². The molecule has 0 bridgehead atoms. The van der Waals surface area contributed by atoms with Crippen LogP contribution in [0.5, 0.6) is 11.5 Å². The summed E-state index contributed by atoms with van der Waals surface area (Å²) in [7, 11) is 1.86. The molecule has 4 rings (SSSR count). The van der Waals surface area contributed by atoms with Crippen molar-refractivity contribution in [1.29, 1.82) is 0 Å². The molecule has 1 N–H and O–H groups in total. The molecule has 1 aromatic carbocycles. The predicted octanol–water partition coefficient (Wildman–Crippen LogP) is 2.15. The molecule has 0 spiro atoms. The Balaban J connectivity index is 1.49. The molecule has 2 amide bonds. The van der Waals surface area contributed by atoms with Crippen molar-refractivity contribution in [3.05, 3.63) is 35.9 Å². The van der Waals surface area contributed by atoms with Crippen LogP contribution in [0.1, 0.15) is 43.2 Å². The Morgan fingerprint density at radius 2 is 2.20 bits per heavy atom. The summed E-state index contributed by atoms with van der Waals surface area (Å²) in [5, 5.41) is 11.0. The number of urea groups is 1. The zero-order valence-corrected chi connectivity index (χ0v) is 14.3. The molecule has 1 saturated heterocycles. The van der Waals surface area contributed by atoms with E-state index in [0.29, 0.717) is 0 Å². The van der Waals surface area contributed by atoms with Gasteiger partial charge in [-0.3, -0.25) is 0 Å². The summed E-state index contributed by atoms with van der Waals surface area (Å²) in [6, 6.07) is 5.64. The molecule has 2 aliphatic heterocycles. The number of carbonyl (C=O) groups excluding carboxylic acids is 1. The summed E-state index contributed by atoms with van der Waals surface area (Å²) < 4.78 is 12.6. The summed E-state index contributed by atoms with van der Waals surface area (Å²) in [6.07, 6.45) is 3.54. The minimum atomic E-state index is -0.210. The van der Waals surface area contributed by atoms with E-state index in [4.69, 9.17) is 9.47 Å². The molecule has 8 nitrogen and oxygen atoms in total. The van der Waals surface area contributed by atoms with Gasteiger partial charge < -0.3 is 24.3 Å². The number of nitrogens with zero attached hydrogens (tertiary/aromatic N) is 4. The second-order valence-corrected chi connectivity index (χ2v) is 6.44. The van der Waals surface area contributed by atoms with Gasteiger partial charge in [-0.1, -0.05) is 6.07 Å². The first-order chi connectivity index (χ1) is 12.1. The summed E-state index contributed by atoms with van der Waals surface area (Å²) in [5.41, 5.74) is 1.07. The normalized spacial score (nSPS) is 19.9. The summed E-state index contributed by atoms with van der Waals surface area (Å²) >= 11 is 0. The van der Waals surface area contributed by atoms with Crippen LogP contribution >= 0.6 is 0 Å². The number of benzene rings is 1. The van der Waals surface area contributed by atoms with Crippen LogP contribution in [-0.2, 0) is 7.05 Å². The van der Waals surface area contributed by atoms with E-state index in [1.54, 1.807) is 6.33 Å². The number of likely N-dealkylation sites (tertiary alicyclic amines) is 1. The number of aryl methyl sites for hydroxylation is 1. The Morgan fingerprint density at radius 3 is 3.00 bits per heavy atom. The molecule has 2 aliphatic rings. The van der Waals surface area contributed by atoms with E-state index in [0.717, 1.165) is 42.3 Å². The molecular weight excluding hydrogens is 322 g/mol. The van der Waals surface area contributed by atoms with E-state index in [2.05, 4.69) is 15.5 Å². The first-order valence-electron chi connectivity index (χ1n) is 8.44. The molecule has 25 heavy (non-hydrogen) atoms. The molecule has 0 saturated carbocycles. The highest BCUT2D eigenvalue weighted by molar-refractivity contribution is 5.75. The lowest BCUT2D eigenvalue weighted by Crippen LogP contribution is -2.41. The van der Waals surface area contributed by atoms with Gasteiger partial charge in [-0.2, -0.15) is 0 Å². The fraction of sp³-hybridized carbons (Fsp3) is 0.471. The fourth-order valence-electron chi connectivity index (χ4n) is 3.49. The number of carbonyl (C=O) groups is 1. The monoisotopic (exact) mass is 343 g/mol. The van der Waals surface area contributed by atoms with Crippen molar-refractivity contribution in [2.45, 2.75) is 31.8 Å². The lowest BCUT2D eigenvalue weighted by Gasteiger charge is -2.27. The Bertz CT molecular complexity index is 790. The van der Waals surface area contributed by atoms with Gasteiger partial charge in [0, 0.05) is 13.6 Å². The van der Waals surface area contributed by atoms with Crippen LogP contribution in [0.15, 0.2) is 24.5 Å². The number of hydrogen-bond acceptors (Lipinski definition) is 5. The highest BCUT2D eigenvalue weighted by atomic mass is 16.7. The first kappa shape index (κ1) is 15.7. The third kappa shape index (κ3) is 2.88. The summed E-state index contributed by atoms with van der Waals surface area (Å²) in [5.74, 6) is 2.23. The van der Waals surface area contributed by atoms with Gasteiger partial charge >= 0.3 is 6.03 Å². The van der Waals surface area contributed by atoms with Crippen molar-refractivity contribution < 1.29 is 14.3 Å². The molecule has 3 heterocycles. The smallest absolute Gasteiger partial charge is 0.318 e. The maximum Gasteiger partial charge on any atom is 0.318 e. The Kier molecular flexibility index (Phi) is 3.95. The van der Waals surface area contributed by atoms with Gasteiger partial charge in [-0.05, 0) is 37.5 Å². The van der Waals surface area contributed by atoms with Crippen molar-refractivity contribution in [2.24, 2.45) is 7.05 Å². The minimum Gasteiger partial charge on any atom is -0.454 e. The molecule has 0 unspecified atom stereocenters. The highest BCUT2D eigenvalue weighted by Gasteiger charge is 2.32. The van der Waals surface area contributed by atoms with Gasteiger partial charge in [0.05, 0.1) is 12.1 Å². The number of nitrogens with one attached hydrogen (secondary N) is 1. The van der Waals surface area contributed by atoms with Gasteiger partial charge in [-0.15, -0.1) is 10.2 Å². The third-order valence-corrected chi connectivity index (χ3v) is 4.77. The second-order valence-electron chi connectivity index (χ2n) is 6.44. The van der Waals surface area contributed by atoms with Crippen molar-refractivity contribution in [2.75, 3.05) is 13.3 Å². The fourth-order valence-corrected chi connectivity index (χ4v) is 3.49. The average Bonchev–Trinajstić information content (AvgIpc) is 3.33. The molecular formula is C17H21N5O3. The van der Waals surface area contributed by atoms with Gasteiger partial charge in [0.2, 0.25) is 6.79 Å². The largest absolute Gasteiger partial charge is 0.454 e. The van der Waals surface area contributed by atoms with Gasteiger partial charge in [-0.25, -0.2) is 4.79 Å². The maximum absolute atomic E-state index is 12.8. The van der Waals surface area contributed by atoms with E-state index < -0.39 is 0 Å². The van der Waals surface area contributed by atoms with Crippen molar-refractivity contribution in [3.8, 4) is 11.5 Å². The molecule has 0 radical (unpaired) electrons. The zero-order chi connectivity index (χ0) is 17.4. The SMILES string of the molecule is C[C@H](NC(=O)N1CCC[C@H]1c1ccc2c(c1)OCO2)c1nncn1C. The Morgan fingerprint density at radius 1 is 1.36 bits per heavy atom. The number of aromatic nitrogens is 3. The molecule has 132 valence electrons. The van der Waals surface area contributed by atoms with Crippen LogP contribution in [0.2, 0.25) is 0 Å². The standard InChI is InChI=1S/C17H21N5O3/c1-11(16-20-18-9-21(16)2)19-17(23)22-7-3-4-13(22)12-5-6-14-15(8-12)25-10-24-14/h5-6,8-9,11,13H,3-4,7,10H2,1-2H3,(H,19,23)/t11-,13-/m0/s1. The minimum absolute atomic E-state index is 0.0428. The van der Waals surface area contributed by atoms with Crippen LogP contribution in [0, 0.1) is 0 Å². The Hall–Kier alpha value is -2.77. The number of rotatable bonds is 3. The van der Waals surface area contributed by atoms with Gasteiger partial charge in [0.15, 0.2) is 17.3 Å². The zero-order valence-electron chi connectivity index (χ0n) is 14.3. The van der Waals surface area contributed by atoms with E-state index in [1.165, 1.54) is 0 Å². The van der Waals surface area contributed by atoms with E-state index in [-0.39, 0.29) is 24.9 Å². The molecule has 0 aliphatic carbocycles. The Labute approximate surface area is 145 Å². The quantitative estimate of drug-likeness (QED) is 0.923. The number of ether oxygens (including phenoxy) is 2. The lowest BCUT2D eigenvalue weighted by molar-refractivity contribution is 0.173. The predicted molar refractivity (Wildman–Crippen MR) is 89.2 cm³/mol. The van der Waals surface area contributed by atoms with Crippen molar-refractivity contribution in [3.63, 3.8) is 0 Å². The van der Waals surface area contributed by atoms with Gasteiger partial charge in [0.1, 0.15) is 6.33 Å². The highest BCUT2D eigenvalue weighted by Crippen LogP contribution is 2.38. The molecule has 1 fully saturated rings. The van der Waals surface area contributed by atoms with Crippen LogP contribution in [0.4, 0.5) is 4.79 Å². The van der Waals surface area contributed by atoms with Crippen LogP contribution < -0.4 is 14.8 Å². The topological polar surface area (TPSA) is 81.5 Å². The second kappa shape index (κ2) is 6.27. The number of hydrogen-bond donors (Lipinski definition) is 1.